The second-order valence-corrected chi connectivity index (χ2v) is 3.80. The minimum atomic E-state index is -0.431. The molecule has 1 heterocycles. The number of nitrogen functional groups attached to an aromatic ring is 1. The topological polar surface area (TPSA) is 97.8 Å². The maximum Gasteiger partial charge on any atom is 0.347 e. The molecule has 5 heteroatoms. The number of aromatic nitrogens is 2. The highest BCUT2D eigenvalue weighted by Crippen LogP contribution is 2.07. The van der Waals surface area contributed by atoms with E-state index in [2.05, 4.69) is 9.97 Å². The van der Waals surface area contributed by atoms with Gasteiger partial charge in [-0.3, -0.25) is 0 Å². The first-order chi connectivity index (χ1) is 5.87. The van der Waals surface area contributed by atoms with E-state index in [1.54, 1.807) is 6.07 Å². The van der Waals surface area contributed by atoms with Crippen molar-refractivity contribution in [3.8, 4) is 0 Å². The molecule has 0 unspecified atom stereocenters. The van der Waals surface area contributed by atoms with Crippen LogP contribution in [0.2, 0.25) is 0 Å². The summed E-state index contributed by atoms with van der Waals surface area (Å²) < 4.78 is 0. The molecule has 0 aliphatic rings. The highest BCUT2D eigenvalue weighted by molar-refractivity contribution is 5.28. The van der Waals surface area contributed by atoms with E-state index in [-0.39, 0.29) is 11.4 Å². The van der Waals surface area contributed by atoms with E-state index in [4.69, 9.17) is 11.5 Å². The minimum absolute atomic E-state index is 0.225. The normalized spacial score (nSPS) is 11.6. The van der Waals surface area contributed by atoms with Crippen molar-refractivity contribution in [2.75, 3.05) is 5.73 Å². The third-order valence-corrected chi connectivity index (χ3v) is 1.47. The fourth-order valence-electron chi connectivity index (χ4n) is 1.12. The zero-order valence-electron chi connectivity index (χ0n) is 7.79. The molecule has 0 amide bonds. The number of anilines is 1. The van der Waals surface area contributed by atoms with Gasteiger partial charge in [-0.25, -0.2) is 4.79 Å². The highest BCUT2D eigenvalue weighted by Gasteiger charge is 2.12. The van der Waals surface area contributed by atoms with Gasteiger partial charge in [0.25, 0.3) is 0 Å². The molecular formula is C8H14N4O. The molecule has 0 aromatic carbocycles. The van der Waals surface area contributed by atoms with Crippen molar-refractivity contribution in [3.63, 3.8) is 0 Å². The van der Waals surface area contributed by atoms with Gasteiger partial charge in [0.15, 0.2) is 0 Å². The van der Waals surface area contributed by atoms with Crippen molar-refractivity contribution in [2.24, 2.45) is 5.73 Å². The van der Waals surface area contributed by atoms with Gasteiger partial charge >= 0.3 is 5.69 Å². The average molecular weight is 182 g/mol. The molecule has 0 saturated heterocycles. The van der Waals surface area contributed by atoms with Crippen LogP contribution >= 0.6 is 0 Å². The Morgan fingerprint density at radius 3 is 2.69 bits per heavy atom. The Balaban J connectivity index is 2.96. The molecular weight excluding hydrogens is 168 g/mol. The summed E-state index contributed by atoms with van der Waals surface area (Å²) in [4.78, 5) is 17.0. The van der Waals surface area contributed by atoms with Crippen molar-refractivity contribution in [3.05, 3.63) is 22.2 Å². The van der Waals surface area contributed by atoms with Crippen LogP contribution in [-0.4, -0.2) is 15.5 Å². The van der Waals surface area contributed by atoms with Gasteiger partial charge in [0.1, 0.15) is 5.82 Å². The molecule has 0 saturated carbocycles. The molecule has 5 N–H and O–H groups in total. The summed E-state index contributed by atoms with van der Waals surface area (Å²) in [6.07, 6.45) is 0.564. The molecule has 13 heavy (non-hydrogen) atoms. The Labute approximate surface area is 76.2 Å². The first-order valence-electron chi connectivity index (χ1n) is 4.01. The van der Waals surface area contributed by atoms with Crippen molar-refractivity contribution in [2.45, 2.75) is 25.8 Å². The predicted octanol–water partition coefficient (Wildman–Crippen LogP) is -0.368. The van der Waals surface area contributed by atoms with Crippen molar-refractivity contribution in [1.82, 2.24) is 9.97 Å². The predicted molar refractivity (Wildman–Crippen MR) is 51.2 cm³/mol. The average Bonchev–Trinajstić information content (AvgIpc) is 1.78. The van der Waals surface area contributed by atoms with Crippen LogP contribution in [0.1, 0.15) is 19.5 Å². The fraction of sp³-hybridized carbons (Fsp3) is 0.500. The van der Waals surface area contributed by atoms with E-state index in [0.717, 1.165) is 0 Å². The Morgan fingerprint density at radius 2 is 2.23 bits per heavy atom. The van der Waals surface area contributed by atoms with Gasteiger partial charge in [0.2, 0.25) is 0 Å². The Kier molecular flexibility index (Phi) is 2.38. The molecule has 0 fully saturated rings. The Hall–Kier alpha value is -1.36. The monoisotopic (exact) mass is 182 g/mol. The van der Waals surface area contributed by atoms with E-state index >= 15 is 0 Å². The zero-order chi connectivity index (χ0) is 10.1. The number of aromatic amines is 1. The summed E-state index contributed by atoms with van der Waals surface area (Å²) in [7, 11) is 0. The van der Waals surface area contributed by atoms with Crippen LogP contribution in [-0.2, 0) is 6.42 Å². The van der Waals surface area contributed by atoms with Crippen LogP contribution < -0.4 is 17.2 Å². The van der Waals surface area contributed by atoms with Gasteiger partial charge in [0, 0.05) is 17.7 Å². The summed E-state index contributed by atoms with van der Waals surface area (Å²) in [6, 6.07) is 1.62. The van der Waals surface area contributed by atoms with Crippen LogP contribution in [0.3, 0.4) is 0 Å². The van der Waals surface area contributed by atoms with Gasteiger partial charge in [-0.1, -0.05) is 0 Å². The first kappa shape index (κ1) is 9.73. The molecule has 0 aliphatic carbocycles. The minimum Gasteiger partial charge on any atom is -0.383 e. The highest BCUT2D eigenvalue weighted by atomic mass is 16.1. The number of hydrogen-bond donors (Lipinski definition) is 3. The molecule has 0 atom stereocenters. The lowest BCUT2D eigenvalue weighted by Gasteiger charge is -2.17. The van der Waals surface area contributed by atoms with Crippen LogP contribution in [0.25, 0.3) is 0 Å². The number of rotatable bonds is 2. The van der Waals surface area contributed by atoms with E-state index in [1.807, 2.05) is 13.8 Å². The number of hydrogen-bond acceptors (Lipinski definition) is 4. The molecule has 1 rings (SSSR count). The Bertz CT molecular complexity index is 350. The lowest BCUT2D eigenvalue weighted by atomic mass is 10.00. The molecule has 1 aromatic rings. The third kappa shape index (κ3) is 3.25. The van der Waals surface area contributed by atoms with Crippen LogP contribution in [0.4, 0.5) is 5.82 Å². The third-order valence-electron chi connectivity index (χ3n) is 1.47. The maximum absolute atomic E-state index is 10.9. The van der Waals surface area contributed by atoms with Gasteiger partial charge in [-0.05, 0) is 19.9 Å². The lowest BCUT2D eigenvalue weighted by molar-refractivity contribution is 0.509. The summed E-state index contributed by atoms with van der Waals surface area (Å²) in [5, 5.41) is 0. The van der Waals surface area contributed by atoms with Crippen LogP contribution in [0.15, 0.2) is 10.9 Å². The van der Waals surface area contributed by atoms with Crippen molar-refractivity contribution < 1.29 is 0 Å². The van der Waals surface area contributed by atoms with Gasteiger partial charge in [-0.15, -0.1) is 0 Å². The molecule has 72 valence electrons. The molecule has 5 nitrogen and oxygen atoms in total. The quantitative estimate of drug-likeness (QED) is 0.581. The summed E-state index contributed by atoms with van der Waals surface area (Å²) >= 11 is 0. The fourth-order valence-corrected chi connectivity index (χ4v) is 1.12. The maximum atomic E-state index is 10.9. The molecule has 0 radical (unpaired) electrons. The summed E-state index contributed by atoms with van der Waals surface area (Å²) in [5.74, 6) is 0.225. The molecule has 0 aliphatic heterocycles. The number of nitrogens with one attached hydrogen (secondary N) is 1. The van der Waals surface area contributed by atoms with Gasteiger partial charge < -0.3 is 16.5 Å². The van der Waals surface area contributed by atoms with E-state index in [9.17, 15) is 4.79 Å². The molecule has 0 bridgehead atoms. The van der Waals surface area contributed by atoms with Crippen LogP contribution in [0, 0.1) is 0 Å². The number of nitrogens with zero attached hydrogens (tertiary/aromatic N) is 1. The standard InChI is InChI=1S/C8H14N4O/c1-8(2,10)4-5-3-6(9)12-7(13)11-5/h3H,4,10H2,1-2H3,(H3,9,11,12,13). The zero-order valence-corrected chi connectivity index (χ0v) is 7.79. The van der Waals surface area contributed by atoms with Crippen molar-refractivity contribution >= 4 is 5.82 Å². The van der Waals surface area contributed by atoms with Gasteiger partial charge in [-0.2, -0.15) is 4.98 Å². The Morgan fingerprint density at radius 1 is 1.62 bits per heavy atom. The van der Waals surface area contributed by atoms with Crippen molar-refractivity contribution in [1.29, 1.82) is 0 Å². The summed E-state index contributed by atoms with van der Waals surface area (Å²) in [5.41, 5.74) is 11.1. The second-order valence-electron chi connectivity index (χ2n) is 3.80. The number of H-pyrrole nitrogens is 1. The summed E-state index contributed by atoms with van der Waals surface area (Å²) in [6.45, 7) is 3.75. The largest absolute Gasteiger partial charge is 0.383 e. The SMILES string of the molecule is CC(C)(N)Cc1cc(N)nc(=O)[nH]1. The van der Waals surface area contributed by atoms with E-state index < -0.39 is 5.69 Å². The van der Waals surface area contributed by atoms with E-state index in [1.165, 1.54) is 0 Å². The molecule has 0 spiro atoms. The molecule has 1 aromatic heterocycles. The van der Waals surface area contributed by atoms with E-state index in [0.29, 0.717) is 12.1 Å². The van der Waals surface area contributed by atoms with Crippen LogP contribution in [0.5, 0.6) is 0 Å². The number of nitrogens with two attached hydrogens (primary N) is 2. The second kappa shape index (κ2) is 3.18. The lowest BCUT2D eigenvalue weighted by Crippen LogP contribution is -2.35. The smallest absolute Gasteiger partial charge is 0.347 e. The first-order valence-corrected chi connectivity index (χ1v) is 4.01. The van der Waals surface area contributed by atoms with Gasteiger partial charge in [0.05, 0.1) is 0 Å².